The van der Waals surface area contributed by atoms with Crippen LogP contribution in [0.2, 0.25) is 10.0 Å². The van der Waals surface area contributed by atoms with E-state index in [4.69, 9.17) is 28.3 Å². The predicted molar refractivity (Wildman–Crippen MR) is 74.9 cm³/mol. The van der Waals surface area contributed by atoms with Gasteiger partial charge in [-0.05, 0) is 36.4 Å². The van der Waals surface area contributed by atoms with Crippen LogP contribution in [0.25, 0.3) is 0 Å². The van der Waals surface area contributed by atoms with Crippen molar-refractivity contribution in [3.05, 3.63) is 64.6 Å². The van der Waals surface area contributed by atoms with Crippen LogP contribution in [0, 0.1) is 0 Å². The fourth-order valence-electron chi connectivity index (χ4n) is 0.858. The Morgan fingerprint density at radius 3 is 1.29 bits per heavy atom. The molecule has 2 rings (SSSR count). The van der Waals surface area contributed by atoms with Gasteiger partial charge in [0, 0.05) is 29.5 Å². The first-order valence-electron chi connectivity index (χ1n) is 4.33. The Morgan fingerprint density at radius 2 is 1.06 bits per heavy atom. The molecule has 0 aliphatic carbocycles. The smallest absolute Gasteiger partial charge is 0.115 e. The van der Waals surface area contributed by atoms with Crippen LogP contribution < -0.4 is 0 Å². The van der Waals surface area contributed by atoms with Crippen LogP contribution in [0.1, 0.15) is 0 Å². The second kappa shape index (κ2) is 10.9. The molecule has 0 atom stereocenters. The van der Waals surface area contributed by atoms with Gasteiger partial charge in [0.1, 0.15) is 5.75 Å². The van der Waals surface area contributed by atoms with Gasteiger partial charge in [-0.25, -0.2) is 0 Å². The summed E-state index contributed by atoms with van der Waals surface area (Å²) in [6.45, 7) is 0. The van der Waals surface area contributed by atoms with Gasteiger partial charge in [-0.1, -0.05) is 41.4 Å². The molecule has 0 heterocycles. The summed E-state index contributed by atoms with van der Waals surface area (Å²) in [7, 11) is 0. The molecule has 0 bridgehead atoms. The Labute approximate surface area is 131 Å². The molecular weight excluding hydrogens is 328 g/mol. The summed E-state index contributed by atoms with van der Waals surface area (Å²) >= 11 is 11.1. The molecule has 0 aromatic heterocycles. The molecule has 0 saturated carbocycles. The van der Waals surface area contributed by atoms with Crippen LogP contribution in [0.5, 0.6) is 5.75 Å². The van der Waals surface area contributed by atoms with Crippen molar-refractivity contribution >= 4 is 36.7 Å². The summed E-state index contributed by atoms with van der Waals surface area (Å²) in [6, 6.07) is 15.7. The molecule has 0 saturated heterocycles. The van der Waals surface area contributed by atoms with E-state index in [-0.39, 0.29) is 33.0 Å². The van der Waals surface area contributed by atoms with Crippen LogP contribution in [0.15, 0.2) is 54.6 Å². The average molecular weight is 341 g/mol. The Kier molecular flexibility index (Phi) is 12.3. The Morgan fingerprint density at radius 1 is 0.706 bits per heavy atom. The summed E-state index contributed by atoms with van der Waals surface area (Å²) < 4.78 is 0. The molecule has 5 heteroatoms. The predicted octanol–water partition coefficient (Wildman–Crippen LogP) is 4.50. The molecule has 2 aromatic carbocycles. The molecule has 1 nitrogen and oxygen atoms in total. The van der Waals surface area contributed by atoms with Crippen LogP contribution in [0.4, 0.5) is 0 Å². The average Bonchev–Trinajstić information content (AvgIpc) is 2.25. The zero-order chi connectivity index (χ0) is 11.1. The van der Waals surface area contributed by atoms with Gasteiger partial charge in [-0.3, -0.25) is 0 Å². The molecule has 0 radical (unpaired) electrons. The van der Waals surface area contributed by atoms with Crippen LogP contribution >= 0.6 is 36.7 Å². The molecule has 0 spiro atoms. The Hall–Kier alpha value is -0.207. The number of para-hydroxylation sites is 1. The monoisotopic (exact) mass is 338 g/mol. The summed E-state index contributed by atoms with van der Waals surface area (Å²) in [5.41, 5.74) is 0. The maximum absolute atomic E-state index is 8.63. The first-order valence-corrected chi connectivity index (χ1v) is 5.09. The van der Waals surface area contributed by atoms with E-state index >= 15 is 0 Å². The molecule has 0 aliphatic heterocycles. The number of aromatic hydroxyl groups is 1. The van der Waals surface area contributed by atoms with E-state index < -0.39 is 0 Å². The van der Waals surface area contributed by atoms with E-state index in [0.717, 1.165) is 10.0 Å². The van der Waals surface area contributed by atoms with E-state index in [1.807, 2.05) is 6.07 Å². The number of halogens is 2. The van der Waals surface area contributed by atoms with Crippen molar-refractivity contribution in [2.75, 3.05) is 0 Å². The first kappa shape index (κ1) is 19.1. The zero-order valence-corrected chi connectivity index (χ0v) is 14.6. The van der Waals surface area contributed by atoms with Gasteiger partial charge >= 0.3 is 0 Å². The summed E-state index contributed by atoms with van der Waals surface area (Å²) in [5, 5.41) is 10.1. The maximum Gasteiger partial charge on any atom is 0.115 e. The minimum Gasteiger partial charge on any atom is -0.508 e. The minimum atomic E-state index is 0. The van der Waals surface area contributed by atoms with Crippen molar-refractivity contribution in [3.8, 4) is 5.75 Å². The standard InChI is InChI=1S/C6H4Cl2.C6H6O.H2S.Zn/c7-5-1-2-6(8)4-3-5;7-6-4-2-1-3-5-6;;/h1-4H;1-5,7H;1H2;. The number of phenols is 1. The van der Waals surface area contributed by atoms with Crippen molar-refractivity contribution in [2.24, 2.45) is 0 Å². The number of hydrogen-bond acceptors (Lipinski definition) is 1. The third-order valence-electron chi connectivity index (χ3n) is 1.56. The second-order valence-corrected chi connectivity index (χ2v) is 3.64. The second-order valence-electron chi connectivity index (χ2n) is 2.77. The Bertz CT molecular complexity index is 374. The third-order valence-corrected chi connectivity index (χ3v) is 2.06. The number of rotatable bonds is 0. The van der Waals surface area contributed by atoms with E-state index in [9.17, 15) is 0 Å². The van der Waals surface area contributed by atoms with Crippen molar-refractivity contribution in [1.29, 1.82) is 0 Å². The van der Waals surface area contributed by atoms with Crippen LogP contribution in [0.3, 0.4) is 0 Å². The van der Waals surface area contributed by atoms with Crippen LogP contribution in [-0.2, 0) is 19.5 Å². The molecule has 17 heavy (non-hydrogen) atoms. The maximum atomic E-state index is 8.63. The van der Waals surface area contributed by atoms with Crippen molar-refractivity contribution < 1.29 is 24.6 Å². The molecular formula is C12H12Cl2OSZn. The van der Waals surface area contributed by atoms with Gasteiger partial charge in [0.15, 0.2) is 0 Å². The Balaban J connectivity index is 0. The molecule has 1 N–H and O–H groups in total. The van der Waals surface area contributed by atoms with Gasteiger partial charge in [0.25, 0.3) is 0 Å². The number of phenolic OH excluding ortho intramolecular Hbond substituents is 1. The quantitative estimate of drug-likeness (QED) is 0.700. The number of hydrogen-bond donors (Lipinski definition) is 1. The van der Waals surface area contributed by atoms with Gasteiger partial charge < -0.3 is 5.11 Å². The summed E-state index contributed by atoms with van der Waals surface area (Å²) in [6.07, 6.45) is 0. The van der Waals surface area contributed by atoms with E-state index in [2.05, 4.69) is 0 Å². The fraction of sp³-hybridized carbons (Fsp3) is 0. The number of benzene rings is 2. The van der Waals surface area contributed by atoms with Gasteiger partial charge in [-0.2, -0.15) is 13.5 Å². The first-order chi connectivity index (χ1) is 7.18. The van der Waals surface area contributed by atoms with E-state index in [1.54, 1.807) is 48.5 Å². The van der Waals surface area contributed by atoms with Gasteiger partial charge in [0.2, 0.25) is 0 Å². The van der Waals surface area contributed by atoms with Crippen molar-refractivity contribution in [2.45, 2.75) is 0 Å². The molecule has 88 valence electrons. The molecule has 0 aliphatic rings. The minimum absolute atomic E-state index is 0. The molecule has 2 aromatic rings. The van der Waals surface area contributed by atoms with Gasteiger partial charge in [0.05, 0.1) is 0 Å². The van der Waals surface area contributed by atoms with E-state index in [0.29, 0.717) is 5.75 Å². The van der Waals surface area contributed by atoms with Gasteiger partial charge in [-0.15, -0.1) is 0 Å². The van der Waals surface area contributed by atoms with E-state index in [1.165, 1.54) is 0 Å². The third kappa shape index (κ3) is 9.49. The largest absolute Gasteiger partial charge is 0.508 e. The van der Waals surface area contributed by atoms with Crippen molar-refractivity contribution in [3.63, 3.8) is 0 Å². The molecule has 0 amide bonds. The zero-order valence-electron chi connectivity index (χ0n) is 9.11. The normalized spacial score (nSPS) is 7.88. The molecule has 0 fully saturated rings. The summed E-state index contributed by atoms with van der Waals surface area (Å²) in [4.78, 5) is 0. The van der Waals surface area contributed by atoms with Crippen molar-refractivity contribution in [1.82, 2.24) is 0 Å². The summed E-state index contributed by atoms with van der Waals surface area (Å²) in [5.74, 6) is 0.322. The van der Waals surface area contributed by atoms with Crippen LogP contribution in [-0.4, -0.2) is 5.11 Å². The topological polar surface area (TPSA) is 20.2 Å². The fourth-order valence-corrected chi connectivity index (χ4v) is 1.11. The molecule has 0 unspecified atom stereocenters. The SMILES string of the molecule is Clc1ccc(Cl)cc1.Oc1ccccc1.S.[Zn].